The van der Waals surface area contributed by atoms with Gasteiger partial charge in [0.15, 0.2) is 0 Å². The second-order valence-corrected chi connectivity index (χ2v) is 4.57. The number of para-hydroxylation sites is 1. The molecule has 0 radical (unpaired) electrons. The molecule has 14 heavy (non-hydrogen) atoms. The molecule has 1 nitrogen and oxygen atoms in total. The molecule has 72 valence electrons. The van der Waals surface area contributed by atoms with E-state index in [1.54, 1.807) is 18.4 Å². The fourth-order valence-electron chi connectivity index (χ4n) is 1.32. The Balaban J connectivity index is 2.56. The van der Waals surface area contributed by atoms with Gasteiger partial charge in [-0.1, -0.05) is 12.1 Å². The zero-order valence-electron chi connectivity index (χ0n) is 7.66. The fraction of sp³-hybridized carbons (Fsp3) is 0.0909. The molecule has 0 atom stereocenters. The van der Waals surface area contributed by atoms with Crippen LogP contribution < -0.4 is 4.74 Å². The predicted octanol–water partition coefficient (Wildman–Crippen LogP) is 4.19. The summed E-state index contributed by atoms with van der Waals surface area (Å²) in [7, 11) is 1.69. The molecule has 0 aliphatic heterocycles. The first-order chi connectivity index (χ1) is 6.83. The van der Waals surface area contributed by atoms with Crippen molar-refractivity contribution in [2.75, 3.05) is 7.11 Å². The SMILES string of the molecule is COc1ccccc1-c1sccc1Br. The number of hydrogen-bond acceptors (Lipinski definition) is 2. The molecule has 0 aliphatic rings. The van der Waals surface area contributed by atoms with Crippen LogP contribution in [0, 0.1) is 0 Å². The highest BCUT2D eigenvalue weighted by molar-refractivity contribution is 9.10. The second-order valence-electron chi connectivity index (χ2n) is 2.80. The van der Waals surface area contributed by atoms with Crippen LogP contribution in [0.2, 0.25) is 0 Å². The van der Waals surface area contributed by atoms with Crippen LogP contribution in [0.15, 0.2) is 40.2 Å². The van der Waals surface area contributed by atoms with Gasteiger partial charge in [0.05, 0.1) is 12.0 Å². The van der Waals surface area contributed by atoms with E-state index in [1.807, 2.05) is 24.3 Å². The lowest BCUT2D eigenvalue weighted by Crippen LogP contribution is -1.85. The Bertz CT molecular complexity index is 436. The van der Waals surface area contributed by atoms with Crippen LogP contribution in [-0.4, -0.2) is 7.11 Å². The van der Waals surface area contributed by atoms with Crippen molar-refractivity contribution in [1.29, 1.82) is 0 Å². The summed E-state index contributed by atoms with van der Waals surface area (Å²) in [5.41, 5.74) is 1.14. The van der Waals surface area contributed by atoms with Crippen molar-refractivity contribution in [2.45, 2.75) is 0 Å². The van der Waals surface area contributed by atoms with Gasteiger partial charge >= 0.3 is 0 Å². The van der Waals surface area contributed by atoms with Crippen molar-refractivity contribution in [2.24, 2.45) is 0 Å². The zero-order chi connectivity index (χ0) is 9.97. The monoisotopic (exact) mass is 268 g/mol. The first-order valence-corrected chi connectivity index (χ1v) is 5.86. The highest BCUT2D eigenvalue weighted by atomic mass is 79.9. The van der Waals surface area contributed by atoms with E-state index in [1.165, 1.54) is 4.88 Å². The molecule has 0 N–H and O–H groups in total. The van der Waals surface area contributed by atoms with Crippen molar-refractivity contribution in [3.05, 3.63) is 40.2 Å². The molecule has 0 unspecified atom stereocenters. The van der Waals surface area contributed by atoms with Crippen molar-refractivity contribution in [1.82, 2.24) is 0 Å². The lowest BCUT2D eigenvalue weighted by atomic mass is 10.1. The first kappa shape index (κ1) is 9.74. The third kappa shape index (κ3) is 1.70. The maximum Gasteiger partial charge on any atom is 0.127 e. The normalized spacial score (nSPS) is 10.1. The number of hydrogen-bond donors (Lipinski definition) is 0. The van der Waals surface area contributed by atoms with Gasteiger partial charge in [0.2, 0.25) is 0 Å². The molecule has 1 aromatic heterocycles. The molecule has 1 heterocycles. The lowest BCUT2D eigenvalue weighted by Gasteiger charge is -2.06. The van der Waals surface area contributed by atoms with Gasteiger partial charge in [-0.05, 0) is 39.5 Å². The Labute approximate surface area is 95.5 Å². The van der Waals surface area contributed by atoms with Gasteiger partial charge < -0.3 is 4.74 Å². The van der Waals surface area contributed by atoms with Crippen LogP contribution in [0.4, 0.5) is 0 Å². The smallest absolute Gasteiger partial charge is 0.127 e. The molecule has 2 rings (SSSR count). The Hall–Kier alpha value is -0.800. The van der Waals surface area contributed by atoms with E-state index < -0.39 is 0 Å². The molecule has 0 amide bonds. The molecule has 0 saturated heterocycles. The molecular weight excluding hydrogens is 260 g/mol. The van der Waals surface area contributed by atoms with Gasteiger partial charge in [0, 0.05) is 10.0 Å². The summed E-state index contributed by atoms with van der Waals surface area (Å²) in [6, 6.07) is 10.1. The Morgan fingerprint density at radius 1 is 1.21 bits per heavy atom. The fourth-order valence-corrected chi connectivity index (χ4v) is 2.94. The van der Waals surface area contributed by atoms with Crippen LogP contribution in [0.3, 0.4) is 0 Å². The van der Waals surface area contributed by atoms with Gasteiger partial charge in [-0.25, -0.2) is 0 Å². The topological polar surface area (TPSA) is 9.23 Å². The van der Waals surface area contributed by atoms with Crippen molar-refractivity contribution >= 4 is 27.3 Å². The highest BCUT2D eigenvalue weighted by Gasteiger charge is 2.08. The molecular formula is C11H9BrOS. The summed E-state index contributed by atoms with van der Waals surface area (Å²) in [5, 5.41) is 2.06. The Morgan fingerprint density at radius 3 is 2.64 bits per heavy atom. The summed E-state index contributed by atoms with van der Waals surface area (Å²) in [6.45, 7) is 0. The van der Waals surface area contributed by atoms with E-state index in [2.05, 4.69) is 27.4 Å². The quantitative estimate of drug-likeness (QED) is 0.794. The number of halogens is 1. The molecule has 1 aromatic carbocycles. The van der Waals surface area contributed by atoms with Gasteiger partial charge in [-0.3, -0.25) is 0 Å². The number of methoxy groups -OCH3 is 1. The Kier molecular flexibility index (Phi) is 2.89. The summed E-state index contributed by atoms with van der Waals surface area (Å²) in [5.74, 6) is 0.913. The predicted molar refractivity (Wildman–Crippen MR) is 64.0 cm³/mol. The number of benzene rings is 1. The van der Waals surface area contributed by atoms with Crippen LogP contribution >= 0.6 is 27.3 Å². The van der Waals surface area contributed by atoms with Crippen molar-refractivity contribution < 1.29 is 4.74 Å². The van der Waals surface area contributed by atoms with E-state index >= 15 is 0 Å². The standard InChI is InChI=1S/C11H9BrOS/c1-13-10-5-3-2-4-8(10)11-9(12)6-7-14-11/h2-7H,1H3. The van der Waals surface area contributed by atoms with Crippen molar-refractivity contribution in [3.8, 4) is 16.2 Å². The van der Waals surface area contributed by atoms with Crippen molar-refractivity contribution in [3.63, 3.8) is 0 Å². The minimum absolute atomic E-state index is 0.913. The van der Waals surface area contributed by atoms with Gasteiger partial charge in [0.1, 0.15) is 5.75 Å². The summed E-state index contributed by atoms with van der Waals surface area (Å²) < 4.78 is 6.43. The summed E-state index contributed by atoms with van der Waals surface area (Å²) in [6.07, 6.45) is 0. The van der Waals surface area contributed by atoms with Crippen LogP contribution in [0.25, 0.3) is 10.4 Å². The third-order valence-corrected chi connectivity index (χ3v) is 3.84. The van der Waals surface area contributed by atoms with Gasteiger partial charge in [-0.2, -0.15) is 0 Å². The molecule has 0 saturated carbocycles. The van der Waals surface area contributed by atoms with Crippen LogP contribution in [-0.2, 0) is 0 Å². The minimum atomic E-state index is 0.913. The van der Waals surface area contributed by atoms with E-state index in [0.717, 1.165) is 15.8 Å². The molecule has 0 aliphatic carbocycles. The Morgan fingerprint density at radius 2 is 2.00 bits per heavy atom. The second kappa shape index (κ2) is 4.15. The first-order valence-electron chi connectivity index (χ1n) is 4.19. The van der Waals surface area contributed by atoms with E-state index in [-0.39, 0.29) is 0 Å². The zero-order valence-corrected chi connectivity index (χ0v) is 10.1. The number of thiophene rings is 1. The number of rotatable bonds is 2. The molecule has 0 spiro atoms. The van der Waals surface area contributed by atoms with Crippen LogP contribution in [0.5, 0.6) is 5.75 Å². The van der Waals surface area contributed by atoms with E-state index in [0.29, 0.717) is 0 Å². The minimum Gasteiger partial charge on any atom is -0.496 e. The largest absolute Gasteiger partial charge is 0.496 e. The van der Waals surface area contributed by atoms with E-state index in [9.17, 15) is 0 Å². The number of ether oxygens (including phenoxy) is 1. The highest BCUT2D eigenvalue weighted by Crippen LogP contribution is 2.38. The summed E-state index contributed by atoms with van der Waals surface area (Å²) >= 11 is 5.23. The maximum atomic E-state index is 5.31. The van der Waals surface area contributed by atoms with Gasteiger partial charge in [0.25, 0.3) is 0 Å². The average Bonchev–Trinajstić information content (AvgIpc) is 2.64. The maximum absolute atomic E-state index is 5.31. The molecule has 3 heteroatoms. The third-order valence-electron chi connectivity index (χ3n) is 1.97. The lowest BCUT2D eigenvalue weighted by molar-refractivity contribution is 0.416. The average molecular weight is 269 g/mol. The molecule has 0 fully saturated rings. The van der Waals surface area contributed by atoms with Crippen LogP contribution in [0.1, 0.15) is 0 Å². The van der Waals surface area contributed by atoms with E-state index in [4.69, 9.17) is 4.74 Å². The molecule has 0 bridgehead atoms. The summed E-state index contributed by atoms with van der Waals surface area (Å²) in [4.78, 5) is 1.21. The van der Waals surface area contributed by atoms with Gasteiger partial charge in [-0.15, -0.1) is 11.3 Å². The molecule has 2 aromatic rings.